The van der Waals surface area contributed by atoms with Gasteiger partial charge in [0.2, 0.25) is 0 Å². The molecule has 18 heavy (non-hydrogen) atoms. The second kappa shape index (κ2) is 5.00. The van der Waals surface area contributed by atoms with Gasteiger partial charge in [-0.1, -0.05) is 0 Å². The quantitative estimate of drug-likeness (QED) is 0.499. The number of nitrogens with zero attached hydrogens (tertiary/aromatic N) is 2. The lowest BCUT2D eigenvalue weighted by Crippen LogP contribution is -2.42. The van der Waals surface area contributed by atoms with Crippen molar-refractivity contribution in [2.45, 2.75) is 25.4 Å². The minimum absolute atomic E-state index is 0.118. The van der Waals surface area contributed by atoms with Gasteiger partial charge in [-0.15, -0.1) is 0 Å². The van der Waals surface area contributed by atoms with Crippen molar-refractivity contribution in [2.75, 3.05) is 18.0 Å². The summed E-state index contributed by atoms with van der Waals surface area (Å²) < 4.78 is 0.878. The van der Waals surface area contributed by atoms with Gasteiger partial charge in [0.05, 0.1) is 16.2 Å². The average molecular weight is 362 g/mol. The van der Waals surface area contributed by atoms with E-state index in [0.717, 1.165) is 35.2 Å². The molecule has 1 aromatic rings. The highest BCUT2D eigenvalue weighted by Crippen LogP contribution is 2.31. The highest BCUT2D eigenvalue weighted by Gasteiger charge is 2.28. The largest absolute Gasteiger partial charge is 0.390 e. The van der Waals surface area contributed by atoms with E-state index in [-0.39, 0.29) is 10.6 Å². The van der Waals surface area contributed by atoms with Crippen LogP contribution in [0.4, 0.5) is 11.4 Å². The van der Waals surface area contributed by atoms with Crippen LogP contribution in [-0.2, 0) is 0 Å². The third-order valence-corrected chi connectivity index (χ3v) is 4.19. The summed E-state index contributed by atoms with van der Waals surface area (Å²) in [4.78, 5) is 12.5. The first kappa shape index (κ1) is 13.5. The molecule has 1 aliphatic heterocycles. The van der Waals surface area contributed by atoms with Gasteiger partial charge in [-0.2, -0.15) is 0 Å². The summed E-state index contributed by atoms with van der Waals surface area (Å²) >= 11 is 2.12. The topological polar surface area (TPSA) is 66.6 Å². The Morgan fingerprint density at radius 3 is 2.56 bits per heavy atom. The molecule has 0 bridgehead atoms. The molecule has 1 saturated heterocycles. The number of benzene rings is 1. The van der Waals surface area contributed by atoms with E-state index in [1.165, 1.54) is 6.07 Å². The number of nitro benzene ring substituents is 1. The molecule has 98 valence electrons. The molecule has 0 spiro atoms. The van der Waals surface area contributed by atoms with Crippen LogP contribution in [0.1, 0.15) is 19.8 Å². The van der Waals surface area contributed by atoms with Crippen LogP contribution < -0.4 is 4.90 Å². The van der Waals surface area contributed by atoms with Gasteiger partial charge < -0.3 is 10.0 Å². The van der Waals surface area contributed by atoms with Crippen LogP contribution in [0.5, 0.6) is 0 Å². The Bertz CT molecular complexity index is 466. The van der Waals surface area contributed by atoms with E-state index in [0.29, 0.717) is 0 Å². The SMILES string of the molecule is CC1(O)CCN(c2ccc([N+](=O)[O-])cc2I)CC1. The van der Waals surface area contributed by atoms with Crippen LogP contribution in [0.2, 0.25) is 0 Å². The van der Waals surface area contributed by atoms with Crippen molar-refractivity contribution in [3.8, 4) is 0 Å². The number of piperidine rings is 1. The summed E-state index contributed by atoms with van der Waals surface area (Å²) in [6, 6.07) is 4.91. The monoisotopic (exact) mass is 362 g/mol. The highest BCUT2D eigenvalue weighted by atomic mass is 127. The minimum Gasteiger partial charge on any atom is -0.390 e. The third kappa shape index (κ3) is 2.92. The van der Waals surface area contributed by atoms with Crippen LogP contribution in [0, 0.1) is 13.7 Å². The molecule has 0 amide bonds. The molecule has 2 rings (SSSR count). The van der Waals surface area contributed by atoms with Gasteiger partial charge in [-0.3, -0.25) is 10.1 Å². The fraction of sp³-hybridized carbons (Fsp3) is 0.500. The molecule has 1 aliphatic rings. The first-order chi connectivity index (χ1) is 8.39. The molecule has 0 aliphatic carbocycles. The van der Waals surface area contributed by atoms with Crippen LogP contribution in [0.3, 0.4) is 0 Å². The van der Waals surface area contributed by atoms with Gasteiger partial charge in [0, 0.05) is 28.8 Å². The van der Waals surface area contributed by atoms with Gasteiger partial charge in [-0.25, -0.2) is 0 Å². The average Bonchev–Trinajstić information content (AvgIpc) is 2.29. The Kier molecular flexibility index (Phi) is 3.76. The first-order valence-corrected chi connectivity index (χ1v) is 6.88. The highest BCUT2D eigenvalue weighted by molar-refractivity contribution is 14.1. The minimum atomic E-state index is -0.581. The van der Waals surface area contributed by atoms with E-state index in [1.807, 2.05) is 6.92 Å². The van der Waals surface area contributed by atoms with Gasteiger partial charge in [0.1, 0.15) is 0 Å². The predicted molar refractivity (Wildman–Crippen MR) is 77.9 cm³/mol. The molecule has 0 radical (unpaired) electrons. The Hall–Kier alpha value is -0.890. The zero-order chi connectivity index (χ0) is 13.3. The van der Waals surface area contributed by atoms with E-state index in [2.05, 4.69) is 27.5 Å². The maximum atomic E-state index is 10.7. The Balaban J connectivity index is 2.17. The van der Waals surface area contributed by atoms with E-state index >= 15 is 0 Å². The molecular weight excluding hydrogens is 347 g/mol. The number of hydrogen-bond donors (Lipinski definition) is 1. The van der Waals surface area contributed by atoms with Crippen molar-refractivity contribution in [1.29, 1.82) is 0 Å². The number of anilines is 1. The second-order valence-electron chi connectivity index (χ2n) is 4.88. The number of non-ortho nitro benzene ring substituents is 1. The molecule has 1 N–H and O–H groups in total. The zero-order valence-corrected chi connectivity index (χ0v) is 12.3. The summed E-state index contributed by atoms with van der Waals surface area (Å²) in [6.45, 7) is 3.41. The van der Waals surface area contributed by atoms with Crippen molar-refractivity contribution in [3.05, 3.63) is 31.9 Å². The molecular formula is C12H15IN2O3. The van der Waals surface area contributed by atoms with Gasteiger partial charge >= 0.3 is 0 Å². The number of rotatable bonds is 2. The van der Waals surface area contributed by atoms with Gasteiger partial charge in [-0.05, 0) is 48.4 Å². The third-order valence-electron chi connectivity index (χ3n) is 3.32. The van der Waals surface area contributed by atoms with Crippen molar-refractivity contribution in [2.24, 2.45) is 0 Å². The first-order valence-electron chi connectivity index (χ1n) is 5.80. The molecule has 6 heteroatoms. The summed E-state index contributed by atoms with van der Waals surface area (Å²) in [7, 11) is 0. The Labute approximate surface area is 119 Å². The van der Waals surface area contributed by atoms with Crippen LogP contribution in [-0.4, -0.2) is 28.7 Å². The number of hydrogen-bond acceptors (Lipinski definition) is 4. The fourth-order valence-electron chi connectivity index (χ4n) is 2.10. The lowest BCUT2D eigenvalue weighted by Gasteiger charge is -2.37. The van der Waals surface area contributed by atoms with E-state index < -0.39 is 5.60 Å². The normalized spacial score (nSPS) is 18.7. The fourth-order valence-corrected chi connectivity index (χ4v) is 2.94. The standard InChI is InChI=1S/C12H15IN2O3/c1-12(16)4-6-14(7-5-12)11-3-2-9(15(17)18)8-10(11)13/h2-3,8,16H,4-7H2,1H3. The summed E-state index contributed by atoms with van der Waals surface area (Å²) in [5.41, 5.74) is 0.548. The van der Waals surface area contributed by atoms with Crippen molar-refractivity contribution < 1.29 is 10.0 Å². The van der Waals surface area contributed by atoms with Gasteiger partial charge in [0.25, 0.3) is 5.69 Å². The predicted octanol–water partition coefficient (Wildman–Crippen LogP) is 2.55. The lowest BCUT2D eigenvalue weighted by atomic mass is 9.93. The smallest absolute Gasteiger partial charge is 0.270 e. The van der Waals surface area contributed by atoms with E-state index in [1.54, 1.807) is 12.1 Å². The summed E-state index contributed by atoms with van der Waals surface area (Å²) in [6.07, 6.45) is 1.44. The molecule has 0 atom stereocenters. The number of aliphatic hydroxyl groups is 1. The van der Waals surface area contributed by atoms with Gasteiger partial charge in [0.15, 0.2) is 0 Å². The molecule has 5 nitrogen and oxygen atoms in total. The summed E-state index contributed by atoms with van der Waals surface area (Å²) in [5, 5.41) is 20.6. The molecule has 0 saturated carbocycles. The van der Waals surface area contributed by atoms with Crippen LogP contribution in [0.25, 0.3) is 0 Å². The molecule has 1 heterocycles. The van der Waals surface area contributed by atoms with E-state index in [4.69, 9.17) is 0 Å². The molecule has 0 unspecified atom stereocenters. The van der Waals surface area contributed by atoms with E-state index in [9.17, 15) is 15.2 Å². The molecule has 1 aromatic carbocycles. The van der Waals surface area contributed by atoms with Crippen molar-refractivity contribution in [3.63, 3.8) is 0 Å². The second-order valence-corrected chi connectivity index (χ2v) is 6.04. The zero-order valence-electron chi connectivity index (χ0n) is 10.1. The Morgan fingerprint density at radius 1 is 1.44 bits per heavy atom. The van der Waals surface area contributed by atoms with Crippen LogP contribution >= 0.6 is 22.6 Å². The number of nitro groups is 1. The lowest BCUT2D eigenvalue weighted by molar-refractivity contribution is -0.384. The molecule has 1 fully saturated rings. The maximum absolute atomic E-state index is 10.7. The molecule has 0 aromatic heterocycles. The maximum Gasteiger partial charge on any atom is 0.270 e. The summed E-state index contributed by atoms with van der Waals surface area (Å²) in [5.74, 6) is 0. The number of halogens is 1. The van der Waals surface area contributed by atoms with Crippen molar-refractivity contribution >= 4 is 34.0 Å². The van der Waals surface area contributed by atoms with Crippen molar-refractivity contribution in [1.82, 2.24) is 0 Å². The Morgan fingerprint density at radius 2 is 2.06 bits per heavy atom. The van der Waals surface area contributed by atoms with Crippen LogP contribution in [0.15, 0.2) is 18.2 Å².